The summed E-state index contributed by atoms with van der Waals surface area (Å²) in [4.78, 5) is 22.8. The Bertz CT molecular complexity index is 587. The summed E-state index contributed by atoms with van der Waals surface area (Å²) in [6.45, 7) is -0.271. The lowest BCUT2D eigenvalue weighted by molar-refractivity contribution is -0.183. The van der Waals surface area contributed by atoms with Gasteiger partial charge in [-0.15, -0.1) is 0 Å². The Morgan fingerprint density at radius 2 is 1.88 bits per heavy atom. The summed E-state index contributed by atoms with van der Waals surface area (Å²) in [7, 11) is 0. The molecule has 1 aromatic carbocycles. The molecule has 1 aliphatic carbocycles. The maximum atomic E-state index is 12.8. The summed E-state index contributed by atoms with van der Waals surface area (Å²) >= 11 is 0. The number of hydrogen-bond donors (Lipinski definition) is 2. The summed E-state index contributed by atoms with van der Waals surface area (Å²) < 4.78 is 43.4. The third-order valence-corrected chi connectivity index (χ3v) is 3.97. The molecule has 5 nitrogen and oxygen atoms in total. The topological polar surface area (TPSA) is 81.4 Å². The number of ether oxygens (including phenoxy) is 1. The van der Waals surface area contributed by atoms with E-state index in [2.05, 4.69) is 5.32 Å². The average Bonchev–Trinajstić information content (AvgIpc) is 2.53. The lowest BCUT2D eigenvalue weighted by atomic mass is 9.85. The fourth-order valence-electron chi connectivity index (χ4n) is 2.74. The van der Waals surface area contributed by atoms with Gasteiger partial charge in [0.2, 0.25) is 0 Å². The molecule has 132 valence electrons. The first-order valence-corrected chi connectivity index (χ1v) is 7.64. The van der Waals surface area contributed by atoms with Crippen molar-refractivity contribution in [3.05, 3.63) is 29.8 Å². The molecule has 24 heavy (non-hydrogen) atoms. The van der Waals surface area contributed by atoms with E-state index in [0.717, 1.165) is 0 Å². The molecule has 1 aromatic rings. The second kappa shape index (κ2) is 7.55. The molecule has 1 aliphatic rings. The van der Waals surface area contributed by atoms with Gasteiger partial charge < -0.3 is 15.8 Å². The van der Waals surface area contributed by atoms with Crippen molar-refractivity contribution in [1.82, 2.24) is 5.32 Å². The molecule has 0 spiro atoms. The van der Waals surface area contributed by atoms with Gasteiger partial charge in [0.25, 0.3) is 11.8 Å². The van der Waals surface area contributed by atoms with Crippen molar-refractivity contribution in [2.24, 2.45) is 11.7 Å². The van der Waals surface area contributed by atoms with Crippen molar-refractivity contribution in [3.8, 4) is 5.75 Å². The molecule has 2 atom stereocenters. The van der Waals surface area contributed by atoms with E-state index in [1.807, 2.05) is 0 Å². The number of nitrogens with two attached hydrogens (primary N) is 1. The number of amides is 2. The Hall–Kier alpha value is -2.25. The van der Waals surface area contributed by atoms with Crippen molar-refractivity contribution < 1.29 is 27.5 Å². The third kappa shape index (κ3) is 5.14. The quantitative estimate of drug-likeness (QED) is 0.861. The summed E-state index contributed by atoms with van der Waals surface area (Å²) in [5.41, 5.74) is 5.27. The molecule has 0 aliphatic heterocycles. The first kappa shape index (κ1) is 18.1. The van der Waals surface area contributed by atoms with Gasteiger partial charge >= 0.3 is 6.18 Å². The van der Waals surface area contributed by atoms with Crippen LogP contribution in [0, 0.1) is 5.92 Å². The second-order valence-corrected chi connectivity index (χ2v) is 5.85. The van der Waals surface area contributed by atoms with Gasteiger partial charge in [0.1, 0.15) is 5.75 Å². The lowest BCUT2D eigenvalue weighted by Crippen LogP contribution is -2.41. The number of benzene rings is 1. The predicted octanol–water partition coefficient (Wildman–Crippen LogP) is 2.40. The van der Waals surface area contributed by atoms with Crippen LogP contribution < -0.4 is 15.8 Å². The van der Waals surface area contributed by atoms with Crippen LogP contribution in [0.5, 0.6) is 5.75 Å². The van der Waals surface area contributed by atoms with E-state index >= 15 is 0 Å². The Balaban J connectivity index is 1.91. The van der Waals surface area contributed by atoms with Gasteiger partial charge in [-0.05, 0) is 43.5 Å². The maximum Gasteiger partial charge on any atom is 0.391 e. The largest absolute Gasteiger partial charge is 0.484 e. The van der Waals surface area contributed by atoms with Crippen LogP contribution in [0.25, 0.3) is 0 Å². The number of primary amides is 1. The monoisotopic (exact) mass is 344 g/mol. The fourth-order valence-corrected chi connectivity index (χ4v) is 2.74. The van der Waals surface area contributed by atoms with Crippen LogP contribution in [0.3, 0.4) is 0 Å². The second-order valence-electron chi connectivity index (χ2n) is 5.85. The molecule has 0 aromatic heterocycles. The molecule has 0 radical (unpaired) electrons. The molecule has 2 rings (SSSR count). The first-order chi connectivity index (χ1) is 11.3. The van der Waals surface area contributed by atoms with Crippen LogP contribution in [0.4, 0.5) is 13.2 Å². The van der Waals surface area contributed by atoms with Crippen LogP contribution in [-0.2, 0) is 4.79 Å². The van der Waals surface area contributed by atoms with Crippen LogP contribution in [-0.4, -0.2) is 30.6 Å². The molecule has 0 saturated heterocycles. The number of rotatable bonds is 5. The minimum Gasteiger partial charge on any atom is -0.484 e. The zero-order valence-corrected chi connectivity index (χ0v) is 12.9. The minimum absolute atomic E-state index is 0.0882. The molecule has 8 heteroatoms. The number of halogens is 3. The summed E-state index contributed by atoms with van der Waals surface area (Å²) in [6, 6.07) is 5.48. The average molecular weight is 344 g/mol. The van der Waals surface area contributed by atoms with Crippen LogP contribution in [0.15, 0.2) is 24.3 Å². The highest BCUT2D eigenvalue weighted by Crippen LogP contribution is 2.37. The summed E-state index contributed by atoms with van der Waals surface area (Å²) in [5.74, 6) is -2.03. The highest BCUT2D eigenvalue weighted by molar-refractivity contribution is 5.94. The van der Waals surface area contributed by atoms with E-state index in [0.29, 0.717) is 24.2 Å². The van der Waals surface area contributed by atoms with E-state index in [-0.39, 0.29) is 19.4 Å². The molecule has 3 N–H and O–H groups in total. The van der Waals surface area contributed by atoms with Crippen molar-refractivity contribution >= 4 is 11.8 Å². The predicted molar refractivity (Wildman–Crippen MR) is 80.4 cm³/mol. The third-order valence-electron chi connectivity index (χ3n) is 3.97. The smallest absolute Gasteiger partial charge is 0.391 e. The van der Waals surface area contributed by atoms with E-state index in [1.165, 1.54) is 24.3 Å². The molecule has 1 fully saturated rings. The van der Waals surface area contributed by atoms with E-state index in [4.69, 9.17) is 10.5 Å². The van der Waals surface area contributed by atoms with Crippen LogP contribution >= 0.6 is 0 Å². The number of alkyl halides is 3. The normalized spacial score (nSPS) is 21.1. The maximum absolute atomic E-state index is 12.8. The standard InChI is InChI=1S/C16H19F3N2O3/c17-16(18,19)11-2-1-3-12(8-11)21-15(23)10-4-6-13(7-5-10)24-9-14(20)22/h4-7,11-12H,1-3,8-9H2,(H2,20,22)(H,21,23). The van der Waals surface area contributed by atoms with Crippen molar-refractivity contribution in [1.29, 1.82) is 0 Å². The summed E-state index contributed by atoms with van der Waals surface area (Å²) in [6.07, 6.45) is -3.22. The minimum atomic E-state index is -4.22. The van der Waals surface area contributed by atoms with Gasteiger partial charge in [-0.25, -0.2) is 0 Å². The highest BCUT2D eigenvalue weighted by Gasteiger charge is 2.42. The summed E-state index contributed by atoms with van der Waals surface area (Å²) in [5, 5.41) is 2.65. The first-order valence-electron chi connectivity index (χ1n) is 7.64. The van der Waals surface area contributed by atoms with Crippen molar-refractivity contribution in [2.45, 2.75) is 37.9 Å². The van der Waals surface area contributed by atoms with Gasteiger partial charge in [-0.3, -0.25) is 9.59 Å². The lowest BCUT2D eigenvalue weighted by Gasteiger charge is -2.31. The molecule has 2 amide bonds. The van der Waals surface area contributed by atoms with Gasteiger partial charge in [-0.2, -0.15) is 13.2 Å². The van der Waals surface area contributed by atoms with E-state index in [1.54, 1.807) is 0 Å². The highest BCUT2D eigenvalue weighted by atomic mass is 19.4. The number of carbonyl (C=O) groups is 2. The molecule has 2 unspecified atom stereocenters. The van der Waals surface area contributed by atoms with Gasteiger partial charge in [-0.1, -0.05) is 6.42 Å². The van der Waals surface area contributed by atoms with Crippen molar-refractivity contribution in [2.75, 3.05) is 6.61 Å². The van der Waals surface area contributed by atoms with Gasteiger partial charge in [0, 0.05) is 11.6 Å². The van der Waals surface area contributed by atoms with Gasteiger partial charge in [0.05, 0.1) is 5.92 Å². The van der Waals surface area contributed by atoms with Crippen LogP contribution in [0.2, 0.25) is 0 Å². The number of carbonyl (C=O) groups excluding carboxylic acids is 2. The Morgan fingerprint density at radius 3 is 2.46 bits per heavy atom. The Kier molecular flexibility index (Phi) is 5.69. The molecule has 0 heterocycles. The molecule has 1 saturated carbocycles. The molecule has 0 bridgehead atoms. The number of nitrogens with one attached hydrogen (secondary N) is 1. The zero-order chi connectivity index (χ0) is 17.7. The van der Waals surface area contributed by atoms with Crippen molar-refractivity contribution in [3.63, 3.8) is 0 Å². The Morgan fingerprint density at radius 1 is 1.21 bits per heavy atom. The number of hydrogen-bond acceptors (Lipinski definition) is 3. The van der Waals surface area contributed by atoms with Crippen LogP contribution in [0.1, 0.15) is 36.0 Å². The fraction of sp³-hybridized carbons (Fsp3) is 0.500. The molecular weight excluding hydrogens is 325 g/mol. The van der Waals surface area contributed by atoms with E-state index in [9.17, 15) is 22.8 Å². The van der Waals surface area contributed by atoms with E-state index < -0.39 is 30.0 Å². The Labute approximate surface area is 137 Å². The SMILES string of the molecule is NC(=O)COc1ccc(C(=O)NC2CCCC(C(F)(F)F)C2)cc1. The molecular formula is C16H19F3N2O3. The van der Waals surface area contributed by atoms with Gasteiger partial charge in [0.15, 0.2) is 6.61 Å². The zero-order valence-electron chi connectivity index (χ0n) is 12.9.